The molecule has 0 aliphatic heterocycles. The molecule has 7 heteroatoms. The van der Waals surface area contributed by atoms with Gasteiger partial charge in [0.05, 0.1) is 10.3 Å². The summed E-state index contributed by atoms with van der Waals surface area (Å²) in [5.41, 5.74) is 0.545. The van der Waals surface area contributed by atoms with Crippen molar-refractivity contribution in [2.24, 2.45) is 5.41 Å². The number of aryl methyl sites for hydroxylation is 1. The number of carbonyl (C=O) groups is 1. The van der Waals surface area contributed by atoms with Crippen LogP contribution in [0.15, 0.2) is 16.6 Å². The lowest BCUT2D eigenvalue weighted by molar-refractivity contribution is -0.385. The van der Waals surface area contributed by atoms with Crippen LogP contribution in [0.1, 0.15) is 31.2 Å². The van der Waals surface area contributed by atoms with E-state index in [4.69, 9.17) is 0 Å². The Morgan fingerprint density at radius 2 is 2.10 bits per heavy atom. The third kappa shape index (κ3) is 3.18. The van der Waals surface area contributed by atoms with Crippen LogP contribution in [0.2, 0.25) is 0 Å². The van der Waals surface area contributed by atoms with Crippen molar-refractivity contribution in [3.8, 4) is 0 Å². The molecule has 1 saturated carbocycles. The van der Waals surface area contributed by atoms with E-state index in [-0.39, 0.29) is 5.69 Å². The Hall–Kier alpha value is -1.63. The van der Waals surface area contributed by atoms with Crippen LogP contribution in [0.25, 0.3) is 0 Å². The number of carboxylic acid groups (broad SMARTS) is 1. The highest BCUT2D eigenvalue weighted by molar-refractivity contribution is 9.10. The van der Waals surface area contributed by atoms with E-state index in [0.717, 1.165) is 12.8 Å². The van der Waals surface area contributed by atoms with Crippen molar-refractivity contribution < 1.29 is 14.8 Å². The fraction of sp³-hybridized carbons (Fsp3) is 0.500. The normalized spacial score (nSPS) is 16.7. The first-order valence-electron chi connectivity index (χ1n) is 6.77. The number of nitro groups is 1. The number of anilines is 1. The molecule has 6 nitrogen and oxygen atoms in total. The third-order valence-electron chi connectivity index (χ3n) is 4.11. The molecule has 0 unspecified atom stereocenters. The van der Waals surface area contributed by atoms with Gasteiger partial charge >= 0.3 is 5.97 Å². The van der Waals surface area contributed by atoms with Crippen LogP contribution in [0.4, 0.5) is 11.4 Å². The fourth-order valence-corrected chi connectivity index (χ4v) is 3.26. The summed E-state index contributed by atoms with van der Waals surface area (Å²) in [5, 5.41) is 23.5. The Balaban J connectivity index is 2.18. The molecule has 1 aromatic rings. The highest BCUT2D eigenvalue weighted by atomic mass is 79.9. The lowest BCUT2D eigenvalue weighted by Gasteiger charge is -2.25. The van der Waals surface area contributed by atoms with Gasteiger partial charge in [0.1, 0.15) is 0 Å². The number of hydrogen-bond acceptors (Lipinski definition) is 4. The SMILES string of the molecule is Cc1cc(NCC2(C(=O)O)CCCC2)c(Br)cc1[N+](=O)[O-]. The maximum atomic E-state index is 11.5. The Morgan fingerprint density at radius 3 is 2.62 bits per heavy atom. The number of nitrogens with zero attached hydrogens (tertiary/aromatic N) is 1. The topological polar surface area (TPSA) is 92.5 Å². The molecule has 1 aliphatic carbocycles. The molecule has 0 bridgehead atoms. The first-order chi connectivity index (χ1) is 9.85. The number of nitro benzene ring substituents is 1. The summed E-state index contributed by atoms with van der Waals surface area (Å²) >= 11 is 3.30. The standard InChI is InChI=1S/C14H17BrN2O4/c1-9-6-11(10(15)7-12(9)17(20)21)16-8-14(13(18)19)4-2-3-5-14/h6-7,16H,2-5,8H2,1H3,(H,18,19). The second-order valence-corrected chi connectivity index (χ2v) is 6.38. The van der Waals surface area contributed by atoms with Gasteiger partial charge in [-0.1, -0.05) is 12.8 Å². The van der Waals surface area contributed by atoms with Gasteiger partial charge in [0, 0.05) is 28.3 Å². The van der Waals surface area contributed by atoms with Gasteiger partial charge in [-0.05, 0) is 41.8 Å². The van der Waals surface area contributed by atoms with Crippen LogP contribution >= 0.6 is 15.9 Å². The first-order valence-corrected chi connectivity index (χ1v) is 7.57. The largest absolute Gasteiger partial charge is 0.481 e. The molecule has 0 saturated heterocycles. The minimum absolute atomic E-state index is 0.0428. The van der Waals surface area contributed by atoms with Gasteiger partial charge in [-0.3, -0.25) is 14.9 Å². The number of halogens is 1. The van der Waals surface area contributed by atoms with Gasteiger partial charge < -0.3 is 10.4 Å². The zero-order chi connectivity index (χ0) is 15.6. The number of benzene rings is 1. The summed E-state index contributed by atoms with van der Waals surface area (Å²) in [6.07, 6.45) is 3.18. The fourth-order valence-electron chi connectivity index (χ4n) is 2.79. The van der Waals surface area contributed by atoms with E-state index >= 15 is 0 Å². The summed E-state index contributed by atoms with van der Waals surface area (Å²) in [6.45, 7) is 2.00. The molecule has 1 aromatic carbocycles. The molecule has 0 aromatic heterocycles. The molecule has 2 N–H and O–H groups in total. The summed E-state index contributed by atoms with van der Waals surface area (Å²) in [6, 6.07) is 3.12. The van der Waals surface area contributed by atoms with Crippen molar-refractivity contribution in [1.29, 1.82) is 0 Å². The molecule has 114 valence electrons. The Morgan fingerprint density at radius 1 is 1.48 bits per heavy atom. The maximum absolute atomic E-state index is 11.5. The van der Waals surface area contributed by atoms with E-state index < -0.39 is 16.3 Å². The molecule has 1 fully saturated rings. The first kappa shape index (κ1) is 15.8. The highest BCUT2D eigenvalue weighted by Gasteiger charge is 2.41. The molecule has 21 heavy (non-hydrogen) atoms. The molecule has 0 atom stereocenters. The van der Waals surface area contributed by atoms with E-state index in [0.29, 0.717) is 35.1 Å². The molecule has 0 amide bonds. The van der Waals surface area contributed by atoms with Gasteiger partial charge in [-0.25, -0.2) is 0 Å². The van der Waals surface area contributed by atoms with Crippen LogP contribution in [0, 0.1) is 22.5 Å². The van der Waals surface area contributed by atoms with E-state index in [2.05, 4.69) is 21.2 Å². The van der Waals surface area contributed by atoms with Crippen LogP contribution in [0.3, 0.4) is 0 Å². The molecular formula is C14H17BrN2O4. The van der Waals surface area contributed by atoms with Gasteiger partial charge in [-0.2, -0.15) is 0 Å². The maximum Gasteiger partial charge on any atom is 0.311 e. The average molecular weight is 357 g/mol. The second-order valence-electron chi connectivity index (χ2n) is 5.52. The molecular weight excluding hydrogens is 340 g/mol. The Labute approximate surface area is 130 Å². The zero-order valence-corrected chi connectivity index (χ0v) is 13.3. The van der Waals surface area contributed by atoms with Gasteiger partial charge in [0.2, 0.25) is 0 Å². The number of aliphatic carboxylic acids is 1. The van der Waals surface area contributed by atoms with Crippen LogP contribution in [0.5, 0.6) is 0 Å². The lowest BCUT2D eigenvalue weighted by Crippen LogP contribution is -2.35. The second kappa shape index (κ2) is 6.01. The van der Waals surface area contributed by atoms with Crippen molar-refractivity contribution in [1.82, 2.24) is 0 Å². The lowest BCUT2D eigenvalue weighted by atomic mass is 9.86. The van der Waals surface area contributed by atoms with Gasteiger partial charge in [0.15, 0.2) is 0 Å². The van der Waals surface area contributed by atoms with Crippen LogP contribution in [-0.4, -0.2) is 22.5 Å². The van der Waals surface area contributed by atoms with Crippen molar-refractivity contribution >= 4 is 33.3 Å². The highest BCUT2D eigenvalue weighted by Crippen LogP contribution is 2.39. The summed E-state index contributed by atoms with van der Waals surface area (Å²) in [7, 11) is 0. The predicted octanol–water partition coefficient (Wildman–Crippen LogP) is 3.72. The Bertz CT molecular complexity index is 583. The van der Waals surface area contributed by atoms with Crippen molar-refractivity contribution in [2.75, 3.05) is 11.9 Å². The molecule has 0 radical (unpaired) electrons. The smallest absolute Gasteiger partial charge is 0.311 e. The summed E-state index contributed by atoms with van der Waals surface area (Å²) in [4.78, 5) is 21.9. The summed E-state index contributed by atoms with van der Waals surface area (Å²) < 4.78 is 0.568. The monoisotopic (exact) mass is 356 g/mol. The minimum atomic E-state index is -0.776. The van der Waals surface area contributed by atoms with Gasteiger partial charge in [0.25, 0.3) is 5.69 Å². The molecule has 1 aliphatic rings. The van der Waals surface area contributed by atoms with Gasteiger partial charge in [-0.15, -0.1) is 0 Å². The quantitative estimate of drug-likeness (QED) is 0.619. The van der Waals surface area contributed by atoms with Crippen molar-refractivity contribution in [3.63, 3.8) is 0 Å². The number of nitrogens with one attached hydrogen (secondary N) is 1. The third-order valence-corrected chi connectivity index (χ3v) is 4.77. The van der Waals surface area contributed by atoms with Crippen molar-refractivity contribution in [2.45, 2.75) is 32.6 Å². The predicted molar refractivity (Wildman–Crippen MR) is 82.6 cm³/mol. The van der Waals surface area contributed by atoms with Crippen LogP contribution < -0.4 is 5.32 Å². The van der Waals surface area contributed by atoms with E-state index in [1.54, 1.807) is 13.0 Å². The minimum Gasteiger partial charge on any atom is -0.481 e. The Kier molecular flexibility index (Phi) is 4.51. The van der Waals surface area contributed by atoms with Crippen molar-refractivity contribution in [3.05, 3.63) is 32.3 Å². The molecule has 0 heterocycles. The number of rotatable bonds is 5. The van der Waals surface area contributed by atoms with E-state index in [1.165, 1.54) is 6.07 Å². The molecule has 2 rings (SSSR count). The van der Waals surface area contributed by atoms with E-state index in [1.807, 2.05) is 0 Å². The summed E-state index contributed by atoms with van der Waals surface area (Å²) in [5.74, 6) is -0.776. The number of hydrogen-bond donors (Lipinski definition) is 2. The number of carboxylic acids is 1. The average Bonchev–Trinajstić information content (AvgIpc) is 2.89. The van der Waals surface area contributed by atoms with E-state index in [9.17, 15) is 20.0 Å². The van der Waals surface area contributed by atoms with Crippen LogP contribution in [-0.2, 0) is 4.79 Å². The molecule has 0 spiro atoms. The zero-order valence-electron chi connectivity index (χ0n) is 11.7.